The van der Waals surface area contributed by atoms with Gasteiger partial charge in [0.05, 0.1) is 0 Å². The first-order valence-corrected chi connectivity index (χ1v) is 6.78. The van der Waals surface area contributed by atoms with Gasteiger partial charge in [0.15, 0.2) is 0 Å². The summed E-state index contributed by atoms with van der Waals surface area (Å²) in [6.07, 6.45) is 0.851. The van der Waals surface area contributed by atoms with E-state index in [0.29, 0.717) is 14.9 Å². The quantitative estimate of drug-likeness (QED) is 0.818. The Kier molecular flexibility index (Phi) is 3.92. The van der Waals surface area contributed by atoms with Crippen LogP contribution in [0.15, 0.2) is 22.7 Å². The molecule has 0 radical (unpaired) electrons. The van der Waals surface area contributed by atoms with Crippen LogP contribution in [0.3, 0.4) is 0 Å². The van der Waals surface area contributed by atoms with E-state index in [-0.39, 0.29) is 5.82 Å². The van der Waals surface area contributed by atoms with Gasteiger partial charge in [0, 0.05) is 21.3 Å². The molecule has 0 amide bonds. The summed E-state index contributed by atoms with van der Waals surface area (Å²) in [7, 11) is 0. The van der Waals surface area contributed by atoms with Crippen LogP contribution in [0.5, 0.6) is 0 Å². The first kappa shape index (κ1) is 13.4. The molecule has 0 saturated heterocycles. The lowest BCUT2D eigenvalue weighted by atomic mass is 10.1. The molecule has 5 heteroatoms. The molecule has 0 bridgehead atoms. The Morgan fingerprint density at radius 3 is 2.78 bits per heavy atom. The van der Waals surface area contributed by atoms with Gasteiger partial charge in [0.25, 0.3) is 0 Å². The summed E-state index contributed by atoms with van der Waals surface area (Å²) in [5, 5.41) is 0. The van der Waals surface area contributed by atoms with Crippen molar-refractivity contribution >= 4 is 28.1 Å². The number of H-pyrrole nitrogens is 1. The molecule has 1 aromatic carbocycles. The van der Waals surface area contributed by atoms with Crippen molar-refractivity contribution < 1.29 is 4.39 Å². The highest BCUT2D eigenvalue weighted by Crippen LogP contribution is 2.27. The maximum Gasteiger partial charge on any atom is 0.140 e. The molecule has 18 heavy (non-hydrogen) atoms. The SMILES string of the molecule is CCc1[nH]c(-c2ccc(F)cc2Br)nc(=S)c1C. The summed E-state index contributed by atoms with van der Waals surface area (Å²) in [5.41, 5.74) is 2.85. The minimum atomic E-state index is -0.285. The number of aromatic amines is 1. The minimum Gasteiger partial charge on any atom is -0.343 e. The smallest absolute Gasteiger partial charge is 0.140 e. The standard InChI is InChI=1S/C13H12BrFN2S/c1-3-11-7(2)13(18)17-12(16-11)9-5-4-8(15)6-10(9)14/h4-6H,3H2,1-2H3,(H,16,17,18). The highest BCUT2D eigenvalue weighted by molar-refractivity contribution is 9.10. The van der Waals surface area contributed by atoms with Gasteiger partial charge in [-0.25, -0.2) is 9.37 Å². The molecular formula is C13H12BrFN2S. The second-order valence-electron chi connectivity index (χ2n) is 3.97. The summed E-state index contributed by atoms with van der Waals surface area (Å²) < 4.78 is 14.3. The van der Waals surface area contributed by atoms with Crippen LogP contribution in [-0.2, 0) is 6.42 Å². The van der Waals surface area contributed by atoms with Gasteiger partial charge in [0.2, 0.25) is 0 Å². The largest absolute Gasteiger partial charge is 0.343 e. The monoisotopic (exact) mass is 326 g/mol. The van der Waals surface area contributed by atoms with Crippen molar-refractivity contribution in [1.82, 2.24) is 9.97 Å². The summed E-state index contributed by atoms with van der Waals surface area (Å²) >= 11 is 8.58. The van der Waals surface area contributed by atoms with E-state index in [4.69, 9.17) is 12.2 Å². The fraction of sp³-hybridized carbons (Fsp3) is 0.231. The number of nitrogens with one attached hydrogen (secondary N) is 1. The van der Waals surface area contributed by atoms with E-state index in [2.05, 4.69) is 32.8 Å². The van der Waals surface area contributed by atoms with Crippen molar-refractivity contribution in [3.63, 3.8) is 0 Å². The molecule has 2 rings (SSSR count). The second kappa shape index (κ2) is 5.28. The Bertz CT molecular complexity index is 652. The number of aryl methyl sites for hydroxylation is 1. The van der Waals surface area contributed by atoms with E-state index in [1.807, 2.05) is 6.92 Å². The van der Waals surface area contributed by atoms with Crippen molar-refractivity contribution in [2.24, 2.45) is 0 Å². The molecule has 0 unspecified atom stereocenters. The molecule has 0 aliphatic carbocycles. The lowest BCUT2D eigenvalue weighted by molar-refractivity contribution is 0.627. The number of halogens is 2. The number of aromatic nitrogens is 2. The number of hydrogen-bond acceptors (Lipinski definition) is 2. The number of hydrogen-bond donors (Lipinski definition) is 1. The molecule has 0 atom stereocenters. The van der Waals surface area contributed by atoms with E-state index in [1.165, 1.54) is 12.1 Å². The molecule has 1 N–H and O–H groups in total. The van der Waals surface area contributed by atoms with Crippen molar-refractivity contribution in [3.8, 4) is 11.4 Å². The highest BCUT2D eigenvalue weighted by Gasteiger charge is 2.09. The van der Waals surface area contributed by atoms with Gasteiger partial charge in [-0.1, -0.05) is 19.1 Å². The molecule has 94 valence electrons. The Labute approximate surface area is 118 Å². The van der Waals surface area contributed by atoms with Crippen molar-refractivity contribution in [1.29, 1.82) is 0 Å². The topological polar surface area (TPSA) is 28.7 Å². The number of rotatable bonds is 2. The Balaban J connectivity index is 2.64. The van der Waals surface area contributed by atoms with Crippen LogP contribution >= 0.6 is 28.1 Å². The van der Waals surface area contributed by atoms with E-state index < -0.39 is 0 Å². The minimum absolute atomic E-state index is 0.285. The fourth-order valence-electron chi connectivity index (χ4n) is 1.74. The zero-order valence-electron chi connectivity index (χ0n) is 10.1. The van der Waals surface area contributed by atoms with Gasteiger partial charge < -0.3 is 4.98 Å². The molecule has 0 saturated carbocycles. The van der Waals surface area contributed by atoms with Crippen LogP contribution in [0, 0.1) is 17.4 Å². The zero-order chi connectivity index (χ0) is 13.3. The average molecular weight is 327 g/mol. The van der Waals surface area contributed by atoms with Crippen LogP contribution in [0.1, 0.15) is 18.2 Å². The first-order chi connectivity index (χ1) is 8.52. The molecule has 2 aromatic rings. The lowest BCUT2D eigenvalue weighted by Gasteiger charge is -2.09. The van der Waals surface area contributed by atoms with Crippen LogP contribution < -0.4 is 0 Å². The average Bonchev–Trinajstić information content (AvgIpc) is 2.32. The van der Waals surface area contributed by atoms with Crippen LogP contribution in [-0.4, -0.2) is 9.97 Å². The number of benzene rings is 1. The molecule has 0 spiro atoms. The maximum absolute atomic E-state index is 13.1. The fourth-order valence-corrected chi connectivity index (χ4v) is 2.49. The van der Waals surface area contributed by atoms with Gasteiger partial charge in [-0.3, -0.25) is 0 Å². The normalized spacial score (nSPS) is 10.7. The molecule has 2 nitrogen and oxygen atoms in total. The summed E-state index contributed by atoms with van der Waals surface area (Å²) in [6.45, 7) is 4.01. The van der Waals surface area contributed by atoms with Crippen LogP contribution in [0.2, 0.25) is 0 Å². The maximum atomic E-state index is 13.1. The highest BCUT2D eigenvalue weighted by atomic mass is 79.9. The van der Waals surface area contributed by atoms with Gasteiger partial charge in [-0.2, -0.15) is 0 Å². The summed E-state index contributed by atoms with van der Waals surface area (Å²) in [6, 6.07) is 4.51. The van der Waals surface area contributed by atoms with E-state index in [0.717, 1.165) is 23.2 Å². The third-order valence-corrected chi connectivity index (χ3v) is 3.85. The first-order valence-electron chi connectivity index (χ1n) is 5.58. The molecule has 0 aliphatic rings. The van der Waals surface area contributed by atoms with E-state index >= 15 is 0 Å². The van der Waals surface area contributed by atoms with Crippen LogP contribution in [0.25, 0.3) is 11.4 Å². The predicted molar refractivity (Wildman–Crippen MR) is 76.6 cm³/mol. The molecule has 0 aliphatic heterocycles. The summed E-state index contributed by atoms with van der Waals surface area (Å²) in [5.74, 6) is 0.376. The Morgan fingerprint density at radius 1 is 1.44 bits per heavy atom. The van der Waals surface area contributed by atoms with Gasteiger partial charge >= 0.3 is 0 Å². The molecule has 1 aromatic heterocycles. The van der Waals surface area contributed by atoms with Crippen molar-refractivity contribution in [2.45, 2.75) is 20.3 Å². The molecule has 0 fully saturated rings. The Morgan fingerprint density at radius 2 is 2.17 bits per heavy atom. The number of nitrogens with zero attached hydrogens (tertiary/aromatic N) is 1. The van der Waals surface area contributed by atoms with Gasteiger partial charge in [-0.05, 0) is 47.5 Å². The van der Waals surface area contributed by atoms with E-state index in [9.17, 15) is 4.39 Å². The van der Waals surface area contributed by atoms with E-state index in [1.54, 1.807) is 6.07 Å². The van der Waals surface area contributed by atoms with Gasteiger partial charge in [-0.15, -0.1) is 0 Å². The predicted octanol–water partition coefficient (Wildman–Crippen LogP) is 4.58. The zero-order valence-corrected chi connectivity index (χ0v) is 12.5. The Hall–Kier alpha value is -1.07. The van der Waals surface area contributed by atoms with Crippen molar-refractivity contribution in [3.05, 3.63) is 44.4 Å². The molecule has 1 heterocycles. The molecular weight excluding hydrogens is 315 g/mol. The third-order valence-electron chi connectivity index (χ3n) is 2.80. The third kappa shape index (κ3) is 2.52. The van der Waals surface area contributed by atoms with Gasteiger partial charge in [0.1, 0.15) is 16.3 Å². The van der Waals surface area contributed by atoms with Crippen molar-refractivity contribution in [2.75, 3.05) is 0 Å². The lowest BCUT2D eigenvalue weighted by Crippen LogP contribution is -2.00. The van der Waals surface area contributed by atoms with Crippen LogP contribution in [0.4, 0.5) is 4.39 Å². The summed E-state index contributed by atoms with van der Waals surface area (Å²) in [4.78, 5) is 7.60. The second-order valence-corrected chi connectivity index (χ2v) is 5.21.